The fourth-order valence-electron chi connectivity index (χ4n) is 0.156. The maximum absolute atomic E-state index is 6.84. The summed E-state index contributed by atoms with van der Waals surface area (Å²) in [6.45, 7) is 0. The molecule has 0 radical (unpaired) electrons. The van der Waals surface area contributed by atoms with Crippen molar-refractivity contribution in [2.45, 2.75) is 4.22 Å². The molecule has 11 heavy (non-hydrogen) atoms. The molecule has 0 rings (SSSR count). The molecule has 0 spiro atoms. The van der Waals surface area contributed by atoms with Crippen LogP contribution in [0.2, 0.25) is 4.22 Å². The van der Waals surface area contributed by atoms with Crippen molar-refractivity contribution in [3.8, 4) is 0 Å². The van der Waals surface area contributed by atoms with Crippen molar-refractivity contribution in [3.05, 3.63) is 0 Å². The molecule has 0 saturated carbocycles. The first-order chi connectivity index (χ1) is 4.13. The molecule has 0 amide bonds. The summed E-state index contributed by atoms with van der Waals surface area (Å²) in [4.78, 5) is 0. The van der Waals surface area contributed by atoms with Gasteiger partial charge in [-0.3, -0.25) is 0 Å². The molecule has 4 nitrogen and oxygen atoms in total. The topological polar surface area (TPSA) is 99.7 Å². The second-order valence-electron chi connectivity index (χ2n) is 1.14. The van der Waals surface area contributed by atoms with Crippen LogP contribution in [0.4, 0.5) is 0 Å². The first-order valence-electron chi connectivity index (χ1n) is 2.06. The van der Waals surface area contributed by atoms with Crippen LogP contribution in [0.5, 0.6) is 0 Å². The normalized spacial score (nSPS) is 7.27. The fourth-order valence-corrected chi connectivity index (χ4v) is 4.22. The zero-order valence-corrected chi connectivity index (χ0v) is 12.3. The molecule has 0 bridgehead atoms. The molecule has 0 heterocycles. The van der Waals surface area contributed by atoms with Gasteiger partial charge in [0.05, 0.1) is 0 Å². The van der Waals surface area contributed by atoms with Crippen LogP contribution in [0.15, 0.2) is 0 Å². The Labute approximate surface area is 99.1 Å². The molecule has 0 aliphatic heterocycles. The summed E-state index contributed by atoms with van der Waals surface area (Å²) in [6.07, 6.45) is 0. The van der Waals surface area contributed by atoms with Gasteiger partial charge in [0.25, 0.3) is 0 Å². The van der Waals surface area contributed by atoms with Gasteiger partial charge in [-0.1, -0.05) is 0 Å². The molecule has 0 atom stereocenters. The van der Waals surface area contributed by atoms with Gasteiger partial charge in [-0.15, -0.1) is 34.0 Å². The Hall–Kier alpha value is 0.939. The number of nitrogens with two attached hydrogens (primary N) is 2. The molecule has 0 aliphatic rings. The van der Waals surface area contributed by atoms with E-state index in [1.807, 2.05) is 0 Å². The Morgan fingerprint density at radius 1 is 1.00 bits per heavy atom. The van der Waals surface area contributed by atoms with E-state index in [-0.39, 0.29) is 73.3 Å². The first-order valence-corrected chi connectivity index (χ1v) is 6.20. The van der Waals surface area contributed by atoms with Gasteiger partial charge in [0.1, 0.15) is 0 Å². The van der Waals surface area contributed by atoms with E-state index in [0.717, 1.165) is 4.22 Å². The summed E-state index contributed by atoms with van der Waals surface area (Å²) in [7, 11) is 0. The number of hydrogen-bond donors (Lipinski definition) is 4. The van der Waals surface area contributed by atoms with Crippen LogP contribution >= 0.6 is 34.0 Å². The predicted molar refractivity (Wildman–Crippen MR) is 60.8 cm³/mol. The van der Waals surface area contributed by atoms with Crippen LogP contribution in [0.25, 0.3) is 0 Å². The maximum atomic E-state index is 6.84. The number of nitrogens with one attached hydrogen (secondary N) is 2. The summed E-state index contributed by atoms with van der Waals surface area (Å²) >= 11 is 0.150. The van der Waals surface area contributed by atoms with E-state index < -0.39 is 0 Å². The predicted octanol–water partition coefficient (Wildman–Crippen LogP) is -0.287. The van der Waals surface area contributed by atoms with E-state index in [0.29, 0.717) is 0 Å². The van der Waals surface area contributed by atoms with E-state index in [1.165, 1.54) is 0 Å². The molecule has 6 N–H and O–H groups in total. The molecule has 0 aromatic heterocycles. The summed E-state index contributed by atoms with van der Waals surface area (Å²) in [5.74, 6) is 0. The van der Waals surface area contributed by atoms with Gasteiger partial charge < -0.3 is 0 Å². The zero-order chi connectivity index (χ0) is 7.28. The summed E-state index contributed by atoms with van der Waals surface area (Å²) in [5, 5.41) is 13.7. The van der Waals surface area contributed by atoms with Crippen molar-refractivity contribution in [1.29, 1.82) is 10.8 Å². The van der Waals surface area contributed by atoms with E-state index in [4.69, 9.17) is 22.3 Å². The van der Waals surface area contributed by atoms with Gasteiger partial charge in [-0.2, -0.15) is 0 Å². The van der Waals surface area contributed by atoms with Crippen LogP contribution in [-0.4, -0.2) is 39.4 Å². The van der Waals surface area contributed by atoms with Crippen molar-refractivity contribution in [2.75, 3.05) is 0 Å². The number of amidine groups is 2. The minimum absolute atomic E-state index is 0. The Balaban J connectivity index is -0.000000320. The van der Waals surface area contributed by atoms with E-state index >= 15 is 0 Å². The van der Waals surface area contributed by atoms with Crippen LogP contribution < -0.4 is 11.5 Å². The van der Waals surface area contributed by atoms with E-state index in [9.17, 15) is 0 Å². The van der Waals surface area contributed by atoms with Crippen molar-refractivity contribution in [1.82, 2.24) is 0 Å². The van der Waals surface area contributed by atoms with Crippen LogP contribution in [-0.2, 0) is 0 Å². The van der Waals surface area contributed by atoms with Gasteiger partial charge in [-0.05, 0) is 0 Å². The van der Waals surface area contributed by atoms with Gasteiger partial charge in [0, 0.05) is 0 Å². The van der Waals surface area contributed by atoms with Crippen molar-refractivity contribution < 1.29 is 0 Å². The third-order valence-electron chi connectivity index (χ3n) is 0.429. The molecule has 0 fully saturated rings. The zero-order valence-electron chi connectivity index (χ0n) is 5.49. The summed E-state index contributed by atoms with van der Waals surface area (Å²) < 4.78 is 1.32. The Bertz CT molecular complexity index is 117. The van der Waals surface area contributed by atoms with Gasteiger partial charge in [0.2, 0.25) is 0 Å². The van der Waals surface area contributed by atoms with Crippen molar-refractivity contribution in [2.24, 2.45) is 11.5 Å². The summed E-state index contributed by atoms with van der Waals surface area (Å²) in [5.41, 5.74) is 10.2. The number of halogens is 2. The first kappa shape index (κ1) is 17.9. The Morgan fingerprint density at radius 3 is 1.45 bits per heavy atom. The van der Waals surface area contributed by atoms with Gasteiger partial charge in [-0.25, -0.2) is 0 Å². The number of hydrogen-bond acceptors (Lipinski definition) is 2. The third-order valence-corrected chi connectivity index (χ3v) is 4.80. The Kier molecular flexibility index (Phi) is 17.8. The minimum atomic E-state index is 0. The van der Waals surface area contributed by atoms with E-state index in [2.05, 4.69) is 0 Å². The van der Waals surface area contributed by atoms with Crippen molar-refractivity contribution >= 4 is 73.3 Å². The standard InChI is InChI=1S/C3H8N4Se2.2BrH/c4-2(5)8-1-9-3(6)7;;/h1H2,(H3,4,5)(H3,6,7);2*1H. The molecule has 0 aliphatic carbocycles. The average Bonchev–Trinajstić information content (AvgIpc) is 1.63. The molecule has 0 saturated heterocycles. The van der Waals surface area contributed by atoms with Crippen molar-refractivity contribution in [3.63, 3.8) is 0 Å². The average molecular weight is 420 g/mol. The van der Waals surface area contributed by atoms with Gasteiger partial charge in [0.15, 0.2) is 0 Å². The molecule has 68 valence electrons. The molecular weight excluding hydrogens is 410 g/mol. The van der Waals surface area contributed by atoms with Gasteiger partial charge >= 0.3 is 65.9 Å². The molecule has 0 aromatic rings. The van der Waals surface area contributed by atoms with Crippen LogP contribution in [0, 0.1) is 10.8 Å². The summed E-state index contributed by atoms with van der Waals surface area (Å²) in [6, 6.07) is 0. The molecule has 0 aromatic carbocycles. The molecule has 0 unspecified atom stereocenters. The SMILES string of the molecule is Br.Br.N=C(N)[Se]C[Se]C(=N)N. The second kappa shape index (κ2) is 10.9. The van der Waals surface area contributed by atoms with Crippen LogP contribution in [0.1, 0.15) is 0 Å². The quantitative estimate of drug-likeness (QED) is 0.286. The van der Waals surface area contributed by atoms with Crippen LogP contribution in [0.3, 0.4) is 0 Å². The number of rotatable bonds is 4. The fraction of sp³-hybridized carbons (Fsp3) is 0.333. The molecular formula is C3H10Br2N4Se2. The second-order valence-corrected chi connectivity index (χ2v) is 7.26. The van der Waals surface area contributed by atoms with E-state index in [1.54, 1.807) is 0 Å². The monoisotopic (exact) mass is 420 g/mol. The Morgan fingerprint density at radius 2 is 1.27 bits per heavy atom. The third kappa shape index (κ3) is 18.2. The molecule has 8 heteroatoms.